The molecular weight excluding hydrogens is 338 g/mol. The second-order valence-electron chi connectivity index (χ2n) is 6.22. The summed E-state index contributed by atoms with van der Waals surface area (Å²) in [7, 11) is 0. The highest BCUT2D eigenvalue weighted by atomic mass is 16.2. The van der Waals surface area contributed by atoms with Gasteiger partial charge in [-0.15, -0.1) is 13.2 Å². The highest BCUT2D eigenvalue weighted by molar-refractivity contribution is 6.04. The molecule has 27 heavy (non-hydrogen) atoms. The van der Waals surface area contributed by atoms with Crippen LogP contribution in [0, 0.1) is 6.92 Å². The lowest BCUT2D eigenvalue weighted by Crippen LogP contribution is -2.33. The molecule has 0 fully saturated rings. The van der Waals surface area contributed by atoms with E-state index in [1.54, 1.807) is 42.5 Å². The molecule has 0 saturated heterocycles. The van der Waals surface area contributed by atoms with Crippen LogP contribution in [0.25, 0.3) is 0 Å². The molecule has 5 nitrogen and oxygen atoms in total. The highest BCUT2D eigenvalue weighted by Crippen LogP contribution is 2.15. The smallest absolute Gasteiger partial charge is 0.255 e. The van der Waals surface area contributed by atoms with Crippen molar-refractivity contribution in [3.63, 3.8) is 0 Å². The van der Waals surface area contributed by atoms with Crippen LogP contribution in [-0.4, -0.2) is 36.3 Å². The van der Waals surface area contributed by atoms with Crippen molar-refractivity contribution < 1.29 is 9.59 Å². The predicted molar refractivity (Wildman–Crippen MR) is 111 cm³/mol. The molecule has 0 atom stereocenters. The second kappa shape index (κ2) is 10.1. The Morgan fingerprint density at radius 1 is 0.963 bits per heavy atom. The number of nitrogens with zero attached hydrogens (tertiary/aromatic N) is 1. The molecule has 0 spiro atoms. The summed E-state index contributed by atoms with van der Waals surface area (Å²) < 4.78 is 0. The van der Waals surface area contributed by atoms with Crippen LogP contribution in [0.3, 0.4) is 0 Å². The van der Waals surface area contributed by atoms with Gasteiger partial charge in [-0.1, -0.05) is 29.8 Å². The van der Waals surface area contributed by atoms with E-state index in [4.69, 9.17) is 0 Å². The van der Waals surface area contributed by atoms with Gasteiger partial charge in [0.25, 0.3) is 5.91 Å². The molecule has 0 bridgehead atoms. The lowest BCUT2D eigenvalue weighted by Gasteiger charge is -2.18. The molecule has 0 aromatic heterocycles. The molecule has 0 saturated carbocycles. The molecule has 2 N–H and O–H groups in total. The van der Waals surface area contributed by atoms with Crippen molar-refractivity contribution in [1.82, 2.24) is 4.90 Å². The van der Waals surface area contributed by atoms with E-state index in [1.165, 1.54) is 0 Å². The standard InChI is InChI=1S/C22H25N3O2/c1-4-13-25(14-5-2)16-21(26)23-19-9-11-20(12-10-19)24-22(27)18-8-6-7-17(3)15-18/h4-12,15H,1-2,13-14,16H2,3H3,(H,23,26)(H,24,27). The molecule has 2 rings (SSSR count). The molecule has 0 aliphatic rings. The summed E-state index contributed by atoms with van der Waals surface area (Å²) in [6, 6.07) is 14.4. The SMILES string of the molecule is C=CCN(CC=C)CC(=O)Nc1ccc(NC(=O)c2cccc(C)c2)cc1. The molecule has 0 aliphatic heterocycles. The third-order valence-electron chi connectivity index (χ3n) is 3.85. The Balaban J connectivity index is 1.92. The summed E-state index contributed by atoms with van der Waals surface area (Å²) in [4.78, 5) is 26.4. The number of carbonyl (C=O) groups excluding carboxylic acids is 2. The van der Waals surface area contributed by atoms with Crippen LogP contribution in [0.2, 0.25) is 0 Å². The number of amides is 2. The fourth-order valence-electron chi connectivity index (χ4n) is 2.60. The maximum absolute atomic E-state index is 12.3. The van der Waals surface area contributed by atoms with Crippen molar-refractivity contribution in [3.05, 3.63) is 85.0 Å². The molecule has 5 heteroatoms. The van der Waals surface area contributed by atoms with Crippen LogP contribution in [0.15, 0.2) is 73.8 Å². The zero-order chi connectivity index (χ0) is 19.6. The first-order valence-electron chi connectivity index (χ1n) is 8.74. The molecule has 0 unspecified atom stereocenters. The van der Waals surface area contributed by atoms with Crippen molar-refractivity contribution >= 4 is 23.2 Å². The zero-order valence-electron chi connectivity index (χ0n) is 15.6. The highest BCUT2D eigenvalue weighted by Gasteiger charge is 2.09. The molecule has 2 aromatic carbocycles. The molecular formula is C22H25N3O2. The minimum absolute atomic E-state index is 0.116. The first-order chi connectivity index (χ1) is 13.0. The van der Waals surface area contributed by atoms with Crippen LogP contribution in [-0.2, 0) is 4.79 Å². The Hall–Kier alpha value is -3.18. The van der Waals surface area contributed by atoms with Gasteiger partial charge in [0, 0.05) is 30.0 Å². The van der Waals surface area contributed by atoms with Gasteiger partial charge < -0.3 is 10.6 Å². The van der Waals surface area contributed by atoms with E-state index in [0.29, 0.717) is 30.0 Å². The number of hydrogen-bond acceptors (Lipinski definition) is 3. The molecule has 2 aromatic rings. The number of anilines is 2. The van der Waals surface area contributed by atoms with Crippen LogP contribution in [0.5, 0.6) is 0 Å². The van der Waals surface area contributed by atoms with Crippen LogP contribution in [0.4, 0.5) is 11.4 Å². The summed E-state index contributed by atoms with van der Waals surface area (Å²) in [5.41, 5.74) is 2.98. The Bertz CT molecular complexity index is 803. The first-order valence-corrected chi connectivity index (χ1v) is 8.74. The molecule has 0 heterocycles. The van der Waals surface area contributed by atoms with E-state index in [9.17, 15) is 9.59 Å². The van der Waals surface area contributed by atoms with Crippen molar-refractivity contribution in [2.45, 2.75) is 6.92 Å². The zero-order valence-corrected chi connectivity index (χ0v) is 15.6. The van der Waals surface area contributed by atoms with E-state index < -0.39 is 0 Å². The van der Waals surface area contributed by atoms with E-state index in [-0.39, 0.29) is 18.4 Å². The monoisotopic (exact) mass is 363 g/mol. The van der Waals surface area contributed by atoms with Crippen LogP contribution < -0.4 is 10.6 Å². The van der Waals surface area contributed by atoms with Gasteiger partial charge in [0.05, 0.1) is 6.54 Å². The Morgan fingerprint density at radius 3 is 2.11 bits per heavy atom. The number of hydrogen-bond donors (Lipinski definition) is 2. The van der Waals surface area contributed by atoms with E-state index >= 15 is 0 Å². The number of benzene rings is 2. The van der Waals surface area contributed by atoms with Gasteiger partial charge in [0.1, 0.15) is 0 Å². The largest absolute Gasteiger partial charge is 0.325 e. The topological polar surface area (TPSA) is 61.4 Å². The van der Waals surface area contributed by atoms with Gasteiger partial charge in [-0.05, 0) is 43.3 Å². The van der Waals surface area contributed by atoms with E-state index in [2.05, 4.69) is 23.8 Å². The number of carbonyl (C=O) groups is 2. The van der Waals surface area contributed by atoms with E-state index in [0.717, 1.165) is 5.56 Å². The van der Waals surface area contributed by atoms with Crippen molar-refractivity contribution in [2.24, 2.45) is 0 Å². The maximum atomic E-state index is 12.3. The van der Waals surface area contributed by atoms with Crippen molar-refractivity contribution in [3.8, 4) is 0 Å². The van der Waals surface area contributed by atoms with E-state index in [1.807, 2.05) is 30.0 Å². The lowest BCUT2D eigenvalue weighted by molar-refractivity contribution is -0.117. The number of aryl methyl sites for hydroxylation is 1. The molecule has 2 amide bonds. The molecule has 0 radical (unpaired) electrons. The van der Waals surface area contributed by atoms with Gasteiger partial charge in [-0.2, -0.15) is 0 Å². The number of nitrogens with one attached hydrogen (secondary N) is 2. The summed E-state index contributed by atoms with van der Waals surface area (Å²) in [5.74, 6) is -0.282. The van der Waals surface area contributed by atoms with Gasteiger partial charge in [-0.3, -0.25) is 14.5 Å². The third-order valence-corrected chi connectivity index (χ3v) is 3.85. The fourth-order valence-corrected chi connectivity index (χ4v) is 2.60. The molecule has 140 valence electrons. The first kappa shape index (κ1) is 20.1. The quantitative estimate of drug-likeness (QED) is 0.665. The lowest BCUT2D eigenvalue weighted by atomic mass is 10.1. The normalized spacial score (nSPS) is 10.3. The summed E-state index contributed by atoms with van der Waals surface area (Å²) in [6.07, 6.45) is 3.50. The maximum Gasteiger partial charge on any atom is 0.255 e. The fraction of sp³-hybridized carbons (Fsp3) is 0.182. The second-order valence-corrected chi connectivity index (χ2v) is 6.22. The Morgan fingerprint density at radius 2 is 1.56 bits per heavy atom. The molecule has 0 aliphatic carbocycles. The summed E-state index contributed by atoms with van der Waals surface area (Å²) in [5, 5.41) is 5.70. The Kier molecular flexibility index (Phi) is 7.52. The van der Waals surface area contributed by atoms with Gasteiger partial charge in [0.15, 0.2) is 0 Å². The van der Waals surface area contributed by atoms with Crippen LogP contribution >= 0.6 is 0 Å². The minimum Gasteiger partial charge on any atom is -0.325 e. The van der Waals surface area contributed by atoms with Gasteiger partial charge in [0.2, 0.25) is 5.91 Å². The third kappa shape index (κ3) is 6.56. The summed E-state index contributed by atoms with van der Waals surface area (Å²) >= 11 is 0. The average molecular weight is 363 g/mol. The van der Waals surface area contributed by atoms with Crippen LogP contribution in [0.1, 0.15) is 15.9 Å². The number of rotatable bonds is 9. The van der Waals surface area contributed by atoms with Crippen molar-refractivity contribution in [2.75, 3.05) is 30.3 Å². The minimum atomic E-state index is -0.167. The summed E-state index contributed by atoms with van der Waals surface area (Å²) in [6.45, 7) is 10.8. The predicted octanol–water partition coefficient (Wildman–Crippen LogP) is 3.86. The average Bonchev–Trinajstić information content (AvgIpc) is 2.63. The Labute approximate surface area is 160 Å². The van der Waals surface area contributed by atoms with Crippen molar-refractivity contribution in [1.29, 1.82) is 0 Å². The van der Waals surface area contributed by atoms with Gasteiger partial charge in [-0.25, -0.2) is 0 Å². The van der Waals surface area contributed by atoms with Gasteiger partial charge >= 0.3 is 0 Å².